The van der Waals surface area contributed by atoms with E-state index in [0.29, 0.717) is 6.54 Å². The second-order valence-electron chi connectivity index (χ2n) is 5.67. The summed E-state index contributed by atoms with van der Waals surface area (Å²) in [5.41, 5.74) is 3.99. The Morgan fingerprint density at radius 3 is 2.46 bits per heavy atom. The second kappa shape index (κ2) is 10.7. The minimum absolute atomic E-state index is 0. The molecule has 0 atom stereocenters. The average molecular weight is 458 g/mol. The molecule has 0 aliphatic rings. The number of hydrogen-bond donors (Lipinski definition) is 2. The quantitative estimate of drug-likeness (QED) is 0.393. The fourth-order valence-electron chi connectivity index (χ4n) is 2.51. The summed E-state index contributed by atoms with van der Waals surface area (Å²) in [5.74, 6) is 0.822. The number of nitrogens with one attached hydrogen (secondary N) is 2. The van der Waals surface area contributed by atoms with Gasteiger partial charge in [0.2, 0.25) is 0 Å². The lowest BCUT2D eigenvalue weighted by atomic mass is 10.1. The van der Waals surface area contributed by atoms with Gasteiger partial charge in [-0.15, -0.1) is 35.3 Å². The topological polar surface area (TPSA) is 49.3 Å². The predicted molar refractivity (Wildman–Crippen MR) is 115 cm³/mol. The second-order valence-corrected chi connectivity index (χ2v) is 6.87. The molecule has 1 aromatic heterocycles. The molecule has 24 heavy (non-hydrogen) atoms. The molecule has 2 N–H and O–H groups in total. The molecule has 0 spiro atoms. The summed E-state index contributed by atoms with van der Waals surface area (Å²) in [4.78, 5) is 10.0. The van der Waals surface area contributed by atoms with E-state index in [2.05, 4.69) is 59.6 Å². The number of halogens is 1. The zero-order chi connectivity index (χ0) is 16.7. The van der Waals surface area contributed by atoms with Gasteiger partial charge in [0, 0.05) is 24.7 Å². The van der Waals surface area contributed by atoms with Crippen molar-refractivity contribution in [2.45, 2.75) is 40.2 Å². The van der Waals surface area contributed by atoms with Crippen LogP contribution in [-0.2, 0) is 19.4 Å². The first-order valence-corrected chi connectivity index (χ1v) is 8.87. The third-order valence-corrected chi connectivity index (χ3v) is 4.71. The summed E-state index contributed by atoms with van der Waals surface area (Å²) in [5, 5.41) is 7.78. The van der Waals surface area contributed by atoms with Crippen LogP contribution < -0.4 is 10.6 Å². The predicted octanol–water partition coefficient (Wildman–Crippen LogP) is 3.85. The van der Waals surface area contributed by atoms with Crippen LogP contribution in [-0.4, -0.2) is 24.5 Å². The van der Waals surface area contributed by atoms with Crippen LogP contribution in [0.1, 0.15) is 33.5 Å². The number of aryl methyl sites for hydroxylation is 3. The summed E-state index contributed by atoms with van der Waals surface area (Å²) < 4.78 is 0. The third kappa shape index (κ3) is 6.76. The average Bonchev–Trinajstić information content (AvgIpc) is 2.97. The maximum absolute atomic E-state index is 4.41. The fraction of sp³-hybridized carbons (Fsp3) is 0.444. The minimum atomic E-state index is 0. The summed E-state index contributed by atoms with van der Waals surface area (Å²) in [6.45, 7) is 8.01. The van der Waals surface area contributed by atoms with Crippen LogP contribution in [0, 0.1) is 13.8 Å². The largest absolute Gasteiger partial charge is 0.356 e. The molecule has 0 fully saturated rings. The molecule has 4 nitrogen and oxygen atoms in total. The third-order valence-electron chi connectivity index (χ3n) is 3.57. The summed E-state index contributed by atoms with van der Waals surface area (Å²) in [6, 6.07) is 6.69. The van der Waals surface area contributed by atoms with Crippen LogP contribution >= 0.6 is 35.3 Å². The molecule has 132 valence electrons. The maximum Gasteiger partial charge on any atom is 0.191 e. The van der Waals surface area contributed by atoms with Gasteiger partial charge in [-0.25, -0.2) is 4.98 Å². The molecular weight excluding hydrogens is 431 g/mol. The van der Waals surface area contributed by atoms with E-state index in [1.807, 2.05) is 6.20 Å². The Hall–Kier alpha value is -1.15. The van der Waals surface area contributed by atoms with Gasteiger partial charge in [-0.2, -0.15) is 0 Å². The van der Waals surface area contributed by atoms with Crippen molar-refractivity contribution in [2.24, 2.45) is 4.99 Å². The SMILES string of the molecule is CCc1cnc(CNC(=NC)NCCc2cc(C)cc(C)c2)s1.I. The highest BCUT2D eigenvalue weighted by Gasteiger charge is 2.03. The van der Waals surface area contributed by atoms with Gasteiger partial charge in [0.05, 0.1) is 6.54 Å². The van der Waals surface area contributed by atoms with Gasteiger partial charge in [-0.3, -0.25) is 4.99 Å². The van der Waals surface area contributed by atoms with Gasteiger partial charge in [-0.05, 0) is 32.3 Å². The molecule has 1 aromatic carbocycles. The maximum atomic E-state index is 4.41. The van der Waals surface area contributed by atoms with Crippen LogP contribution in [0.3, 0.4) is 0 Å². The molecule has 0 saturated carbocycles. The zero-order valence-corrected chi connectivity index (χ0v) is 18.0. The van der Waals surface area contributed by atoms with Gasteiger partial charge in [-0.1, -0.05) is 36.2 Å². The van der Waals surface area contributed by atoms with Crippen molar-refractivity contribution in [3.63, 3.8) is 0 Å². The molecule has 0 aliphatic carbocycles. The van der Waals surface area contributed by atoms with E-state index in [1.54, 1.807) is 18.4 Å². The highest BCUT2D eigenvalue weighted by Crippen LogP contribution is 2.12. The molecule has 2 aromatic rings. The number of rotatable bonds is 6. The molecule has 0 aliphatic heterocycles. The number of guanidine groups is 1. The number of thiazole rings is 1. The normalized spacial score (nSPS) is 11.1. The highest BCUT2D eigenvalue weighted by molar-refractivity contribution is 14.0. The first-order valence-electron chi connectivity index (χ1n) is 8.06. The number of nitrogens with zero attached hydrogens (tertiary/aromatic N) is 2. The lowest BCUT2D eigenvalue weighted by Crippen LogP contribution is -2.37. The monoisotopic (exact) mass is 458 g/mol. The molecule has 1 heterocycles. The van der Waals surface area contributed by atoms with E-state index in [4.69, 9.17) is 0 Å². The Balaban J connectivity index is 0.00000288. The van der Waals surface area contributed by atoms with E-state index in [9.17, 15) is 0 Å². The van der Waals surface area contributed by atoms with Gasteiger partial charge in [0.25, 0.3) is 0 Å². The minimum Gasteiger partial charge on any atom is -0.356 e. The Morgan fingerprint density at radius 2 is 1.88 bits per heavy atom. The molecular formula is C18H27IN4S. The number of benzene rings is 1. The number of hydrogen-bond acceptors (Lipinski definition) is 3. The fourth-order valence-corrected chi connectivity index (χ4v) is 3.31. The Bertz CT molecular complexity index is 647. The van der Waals surface area contributed by atoms with Crippen LogP contribution in [0.25, 0.3) is 0 Å². The highest BCUT2D eigenvalue weighted by atomic mass is 127. The van der Waals surface area contributed by atoms with Crippen LogP contribution in [0.2, 0.25) is 0 Å². The smallest absolute Gasteiger partial charge is 0.191 e. The van der Waals surface area contributed by atoms with Gasteiger partial charge < -0.3 is 10.6 Å². The van der Waals surface area contributed by atoms with E-state index in [1.165, 1.54) is 21.6 Å². The number of aromatic nitrogens is 1. The van der Waals surface area contributed by atoms with E-state index >= 15 is 0 Å². The first-order chi connectivity index (χ1) is 11.1. The van der Waals surface area contributed by atoms with Crippen molar-refractivity contribution in [3.05, 3.63) is 51.0 Å². The molecule has 0 unspecified atom stereocenters. The summed E-state index contributed by atoms with van der Waals surface area (Å²) in [7, 11) is 1.80. The molecule has 0 radical (unpaired) electrons. The van der Waals surface area contributed by atoms with Crippen molar-refractivity contribution >= 4 is 41.3 Å². The summed E-state index contributed by atoms with van der Waals surface area (Å²) in [6.07, 6.45) is 3.99. The van der Waals surface area contributed by atoms with Crippen molar-refractivity contribution in [1.82, 2.24) is 15.6 Å². The van der Waals surface area contributed by atoms with Gasteiger partial charge in [0.1, 0.15) is 5.01 Å². The molecule has 0 amide bonds. The lowest BCUT2D eigenvalue weighted by molar-refractivity contribution is 0.791. The van der Waals surface area contributed by atoms with Crippen LogP contribution in [0.5, 0.6) is 0 Å². The first kappa shape index (κ1) is 20.9. The van der Waals surface area contributed by atoms with Crippen molar-refractivity contribution in [2.75, 3.05) is 13.6 Å². The van der Waals surface area contributed by atoms with Gasteiger partial charge in [0.15, 0.2) is 5.96 Å². The zero-order valence-electron chi connectivity index (χ0n) is 14.8. The Kier molecular flexibility index (Phi) is 9.28. The van der Waals surface area contributed by atoms with E-state index in [0.717, 1.165) is 30.4 Å². The number of aliphatic imine (C=N–C) groups is 1. The van der Waals surface area contributed by atoms with Crippen molar-refractivity contribution < 1.29 is 0 Å². The van der Waals surface area contributed by atoms with Crippen molar-refractivity contribution in [3.8, 4) is 0 Å². The van der Waals surface area contributed by atoms with Gasteiger partial charge >= 0.3 is 0 Å². The Morgan fingerprint density at radius 1 is 1.17 bits per heavy atom. The Labute approximate surface area is 166 Å². The van der Waals surface area contributed by atoms with Crippen LogP contribution in [0.15, 0.2) is 29.4 Å². The molecule has 0 bridgehead atoms. The van der Waals surface area contributed by atoms with E-state index < -0.39 is 0 Å². The summed E-state index contributed by atoms with van der Waals surface area (Å²) >= 11 is 1.75. The molecule has 6 heteroatoms. The molecule has 0 saturated heterocycles. The standard InChI is InChI=1S/C18H26N4S.HI/c1-5-16-11-21-17(23-16)12-22-18(19-4)20-7-6-15-9-13(2)8-14(3)10-15;/h8-11H,5-7,12H2,1-4H3,(H2,19,20,22);1H. The van der Waals surface area contributed by atoms with Crippen LogP contribution in [0.4, 0.5) is 0 Å². The van der Waals surface area contributed by atoms with Crippen molar-refractivity contribution in [1.29, 1.82) is 0 Å². The van der Waals surface area contributed by atoms with E-state index in [-0.39, 0.29) is 24.0 Å². The molecule has 2 rings (SSSR count). The lowest BCUT2D eigenvalue weighted by Gasteiger charge is -2.11.